The van der Waals surface area contributed by atoms with E-state index in [-0.39, 0.29) is 5.91 Å². The van der Waals surface area contributed by atoms with Crippen LogP contribution in [0.5, 0.6) is 0 Å². The van der Waals surface area contributed by atoms with Gasteiger partial charge in [0.2, 0.25) is 5.91 Å². The summed E-state index contributed by atoms with van der Waals surface area (Å²) >= 11 is 0. The van der Waals surface area contributed by atoms with Crippen molar-refractivity contribution in [2.24, 2.45) is 0 Å². The third-order valence-corrected chi connectivity index (χ3v) is 5.88. The number of methoxy groups -OCH3 is 1. The molecule has 4 rings (SSSR count). The molecule has 2 amide bonds. The molecule has 1 aromatic heterocycles. The summed E-state index contributed by atoms with van der Waals surface area (Å²) in [5, 5.41) is 6.62. The average molecular weight is 451 g/mol. The van der Waals surface area contributed by atoms with Crippen molar-refractivity contribution in [3.8, 4) is 0 Å². The van der Waals surface area contributed by atoms with Crippen LogP contribution in [0.1, 0.15) is 5.56 Å². The lowest BCUT2D eigenvalue weighted by Crippen LogP contribution is -2.45. The molecule has 1 fully saturated rings. The molecule has 0 bridgehead atoms. The average Bonchev–Trinajstić information content (AvgIpc) is 3.25. The van der Waals surface area contributed by atoms with Crippen LogP contribution in [0.25, 0.3) is 10.9 Å². The van der Waals surface area contributed by atoms with Gasteiger partial charge < -0.3 is 24.7 Å². The van der Waals surface area contributed by atoms with E-state index in [9.17, 15) is 9.59 Å². The molecule has 1 atom stereocenters. The number of hydrogen-bond acceptors (Lipinski definition) is 5. The first-order valence-corrected chi connectivity index (χ1v) is 11.2. The molecule has 1 unspecified atom stereocenters. The van der Waals surface area contributed by atoms with E-state index in [2.05, 4.69) is 32.4 Å². The molecule has 0 aliphatic carbocycles. The van der Waals surface area contributed by atoms with E-state index < -0.39 is 12.1 Å². The molecule has 2 N–H and O–H groups in total. The number of hydrogen-bond donors (Lipinski definition) is 2. The van der Waals surface area contributed by atoms with E-state index in [1.165, 1.54) is 7.11 Å². The Morgan fingerprint density at radius 1 is 1.06 bits per heavy atom. The Morgan fingerprint density at radius 3 is 2.61 bits per heavy atom. The molecule has 0 saturated carbocycles. The van der Waals surface area contributed by atoms with Crippen LogP contribution in [0.2, 0.25) is 0 Å². The van der Waals surface area contributed by atoms with E-state index in [1.807, 2.05) is 48.5 Å². The highest BCUT2D eigenvalue weighted by molar-refractivity contribution is 5.98. The number of morpholine rings is 1. The topological polar surface area (TPSA) is 84.8 Å². The molecule has 2 heterocycles. The molecule has 2 aromatic carbocycles. The van der Waals surface area contributed by atoms with E-state index in [4.69, 9.17) is 9.47 Å². The van der Waals surface area contributed by atoms with Gasteiger partial charge in [-0.15, -0.1) is 0 Å². The van der Waals surface area contributed by atoms with Crippen LogP contribution in [-0.2, 0) is 27.2 Å². The van der Waals surface area contributed by atoms with Crippen molar-refractivity contribution in [3.05, 3.63) is 66.4 Å². The van der Waals surface area contributed by atoms with Crippen LogP contribution >= 0.6 is 0 Å². The van der Waals surface area contributed by atoms with E-state index in [0.29, 0.717) is 12.1 Å². The second-order valence-corrected chi connectivity index (χ2v) is 8.10. The number of anilines is 1. The van der Waals surface area contributed by atoms with Crippen LogP contribution in [0.15, 0.2) is 60.8 Å². The monoisotopic (exact) mass is 450 g/mol. The quantitative estimate of drug-likeness (QED) is 0.551. The first-order chi connectivity index (χ1) is 16.1. The van der Waals surface area contributed by atoms with Crippen molar-refractivity contribution in [1.82, 2.24) is 14.8 Å². The lowest BCUT2D eigenvalue weighted by molar-refractivity contribution is -0.118. The third-order valence-electron chi connectivity index (χ3n) is 5.88. The van der Waals surface area contributed by atoms with Gasteiger partial charge in [0.05, 0.1) is 20.3 Å². The normalized spacial score (nSPS) is 15.2. The molecule has 8 heteroatoms. The van der Waals surface area contributed by atoms with E-state index >= 15 is 0 Å². The van der Waals surface area contributed by atoms with Crippen LogP contribution in [0.3, 0.4) is 0 Å². The van der Waals surface area contributed by atoms with Gasteiger partial charge in [-0.3, -0.25) is 9.69 Å². The second kappa shape index (κ2) is 11.0. The van der Waals surface area contributed by atoms with Crippen molar-refractivity contribution in [2.75, 3.05) is 45.3 Å². The van der Waals surface area contributed by atoms with Gasteiger partial charge in [0.1, 0.15) is 6.04 Å². The number of rotatable bonds is 8. The first kappa shape index (κ1) is 22.8. The standard InChI is InChI=1S/C25H30N4O4/c1-32-25(31)27-22(17-19-5-3-2-4-6-19)24(30)26-21-7-8-23-20(18-21)9-10-29(23)12-11-28-13-15-33-16-14-28/h2-10,18,22H,11-17H2,1H3,(H,26,30)(H,27,31). The molecule has 1 aliphatic heterocycles. The number of benzene rings is 2. The maximum absolute atomic E-state index is 13.0. The van der Waals surface area contributed by atoms with Crippen LogP contribution in [0.4, 0.5) is 10.5 Å². The lowest BCUT2D eigenvalue weighted by atomic mass is 10.1. The van der Waals surface area contributed by atoms with Gasteiger partial charge in [-0.1, -0.05) is 30.3 Å². The third kappa shape index (κ3) is 6.12. The summed E-state index contributed by atoms with van der Waals surface area (Å²) in [4.78, 5) is 27.2. The lowest BCUT2D eigenvalue weighted by Gasteiger charge is -2.26. The summed E-state index contributed by atoms with van der Waals surface area (Å²) < 4.78 is 12.3. The number of aromatic nitrogens is 1. The predicted octanol–water partition coefficient (Wildman–Crippen LogP) is 2.88. The Bertz CT molecular complexity index is 1080. The van der Waals surface area contributed by atoms with E-state index in [1.54, 1.807) is 0 Å². The molecular formula is C25H30N4O4. The Hall–Kier alpha value is -3.36. The summed E-state index contributed by atoms with van der Waals surface area (Å²) in [6.45, 7) is 5.42. The minimum absolute atomic E-state index is 0.296. The van der Waals surface area contributed by atoms with Gasteiger partial charge >= 0.3 is 6.09 Å². The molecule has 33 heavy (non-hydrogen) atoms. The molecular weight excluding hydrogens is 420 g/mol. The maximum Gasteiger partial charge on any atom is 0.407 e. The van der Waals surface area contributed by atoms with Gasteiger partial charge in [-0.05, 0) is 29.8 Å². The van der Waals surface area contributed by atoms with Crippen molar-refractivity contribution in [2.45, 2.75) is 19.0 Å². The Labute approximate surface area is 193 Å². The minimum Gasteiger partial charge on any atom is -0.453 e. The van der Waals surface area contributed by atoms with Gasteiger partial charge in [-0.2, -0.15) is 0 Å². The highest BCUT2D eigenvalue weighted by Crippen LogP contribution is 2.21. The number of alkyl carbamates (subject to hydrolysis) is 1. The fraction of sp³-hybridized carbons (Fsp3) is 0.360. The molecule has 174 valence electrons. The minimum atomic E-state index is -0.756. The largest absolute Gasteiger partial charge is 0.453 e. The Balaban J connectivity index is 1.42. The predicted molar refractivity (Wildman–Crippen MR) is 127 cm³/mol. The Morgan fingerprint density at radius 2 is 1.85 bits per heavy atom. The molecule has 0 radical (unpaired) electrons. The number of carbonyl (C=O) groups excluding carboxylic acids is 2. The molecule has 1 aliphatic rings. The Kier molecular flexibility index (Phi) is 7.59. The number of nitrogens with one attached hydrogen (secondary N) is 2. The second-order valence-electron chi connectivity index (χ2n) is 8.10. The number of nitrogens with zero attached hydrogens (tertiary/aromatic N) is 2. The van der Waals surface area contributed by atoms with Crippen LogP contribution < -0.4 is 10.6 Å². The highest BCUT2D eigenvalue weighted by atomic mass is 16.5. The first-order valence-electron chi connectivity index (χ1n) is 11.2. The van der Waals surface area contributed by atoms with Gasteiger partial charge in [0.15, 0.2) is 0 Å². The fourth-order valence-corrected chi connectivity index (χ4v) is 4.04. The van der Waals surface area contributed by atoms with Gasteiger partial charge in [0.25, 0.3) is 0 Å². The van der Waals surface area contributed by atoms with E-state index in [0.717, 1.165) is 55.9 Å². The molecule has 1 saturated heterocycles. The summed E-state index contributed by atoms with van der Waals surface area (Å²) in [5.41, 5.74) is 2.75. The summed E-state index contributed by atoms with van der Waals surface area (Å²) in [7, 11) is 1.28. The smallest absolute Gasteiger partial charge is 0.407 e. The van der Waals surface area contributed by atoms with Crippen LogP contribution in [0, 0.1) is 0 Å². The SMILES string of the molecule is COC(=O)NC(Cc1ccccc1)C(=O)Nc1ccc2c(ccn2CCN2CCOCC2)c1. The maximum atomic E-state index is 13.0. The zero-order chi connectivity index (χ0) is 23.0. The van der Waals surface area contributed by atoms with Gasteiger partial charge in [-0.25, -0.2) is 4.79 Å². The number of ether oxygens (including phenoxy) is 2. The summed E-state index contributed by atoms with van der Waals surface area (Å²) in [5.74, 6) is -0.296. The zero-order valence-corrected chi connectivity index (χ0v) is 18.8. The van der Waals surface area contributed by atoms with Crippen molar-refractivity contribution < 1.29 is 19.1 Å². The highest BCUT2D eigenvalue weighted by Gasteiger charge is 2.22. The number of amides is 2. The van der Waals surface area contributed by atoms with Gasteiger partial charge in [0, 0.05) is 55.4 Å². The molecule has 8 nitrogen and oxygen atoms in total. The zero-order valence-electron chi connectivity index (χ0n) is 18.8. The van der Waals surface area contributed by atoms with Crippen molar-refractivity contribution >= 4 is 28.6 Å². The fourth-order valence-electron chi connectivity index (χ4n) is 4.04. The molecule has 0 spiro atoms. The van der Waals surface area contributed by atoms with Crippen LogP contribution in [-0.4, -0.2) is 67.5 Å². The summed E-state index contributed by atoms with van der Waals surface area (Å²) in [6, 6.07) is 16.7. The van der Waals surface area contributed by atoms with Crippen molar-refractivity contribution in [3.63, 3.8) is 0 Å². The molecule has 3 aromatic rings. The number of carbonyl (C=O) groups is 2. The summed E-state index contributed by atoms with van der Waals surface area (Å²) in [6.07, 6.45) is 1.80. The number of fused-ring (bicyclic) bond motifs is 1. The van der Waals surface area contributed by atoms with Crippen molar-refractivity contribution in [1.29, 1.82) is 0 Å².